The molecular formula is C9H17BO4. The molecule has 14 heavy (non-hydrogen) atoms. The van der Waals surface area contributed by atoms with Crippen LogP contribution < -0.4 is 0 Å². The van der Waals surface area contributed by atoms with Gasteiger partial charge in [-0.15, -0.1) is 0 Å². The zero-order valence-corrected chi connectivity index (χ0v) is 8.84. The van der Waals surface area contributed by atoms with Crippen molar-refractivity contribution >= 4 is 7.85 Å². The van der Waals surface area contributed by atoms with Crippen LogP contribution in [-0.4, -0.2) is 57.1 Å². The third kappa shape index (κ3) is 2.70. The molecule has 0 spiro atoms. The number of aliphatic hydroxyl groups excluding tert-OH is 1. The lowest BCUT2D eigenvalue weighted by Gasteiger charge is -2.17. The van der Waals surface area contributed by atoms with Crippen molar-refractivity contribution in [3.63, 3.8) is 0 Å². The Kier molecular flexibility index (Phi) is 4.38. The smallest absolute Gasteiger partial charge is 0.112 e. The van der Waals surface area contributed by atoms with Crippen LogP contribution in [-0.2, 0) is 14.2 Å². The van der Waals surface area contributed by atoms with E-state index < -0.39 is 24.3 Å². The van der Waals surface area contributed by atoms with Crippen LogP contribution in [0.3, 0.4) is 0 Å². The largest absolute Gasteiger partial charge is 0.388 e. The third-order valence-corrected chi connectivity index (χ3v) is 2.24. The van der Waals surface area contributed by atoms with Crippen molar-refractivity contribution in [2.75, 3.05) is 13.7 Å². The molecule has 0 saturated carbocycles. The molecule has 5 heteroatoms. The van der Waals surface area contributed by atoms with E-state index in [1.165, 1.54) is 7.11 Å². The van der Waals surface area contributed by atoms with E-state index in [2.05, 4.69) is 0 Å². The van der Waals surface area contributed by atoms with Crippen LogP contribution in [0.15, 0.2) is 0 Å². The number of ether oxygens (including phenoxy) is 3. The standard InChI is InChI=1S/C9H17BO4/c1-5(2)13-4-6-7(11)8(12-3)9(10)14-6/h5-9,11H,4H2,1-3H3/t6-,7?,8?,9-/m1/s1. The maximum Gasteiger partial charge on any atom is 0.112 e. The van der Waals surface area contributed by atoms with Crippen molar-refractivity contribution in [1.82, 2.24) is 0 Å². The zero-order valence-electron chi connectivity index (χ0n) is 8.84. The highest BCUT2D eigenvalue weighted by Gasteiger charge is 2.41. The van der Waals surface area contributed by atoms with E-state index in [1.807, 2.05) is 13.8 Å². The van der Waals surface area contributed by atoms with Crippen molar-refractivity contribution in [2.24, 2.45) is 0 Å². The molecule has 1 rings (SSSR count). The molecule has 0 aromatic heterocycles. The maximum absolute atomic E-state index is 9.72. The van der Waals surface area contributed by atoms with Gasteiger partial charge in [-0.2, -0.15) is 0 Å². The van der Waals surface area contributed by atoms with Gasteiger partial charge < -0.3 is 19.3 Å². The van der Waals surface area contributed by atoms with Crippen molar-refractivity contribution < 1.29 is 19.3 Å². The summed E-state index contributed by atoms with van der Waals surface area (Å²) in [4.78, 5) is 0. The van der Waals surface area contributed by atoms with E-state index in [-0.39, 0.29) is 6.10 Å². The first-order chi connectivity index (χ1) is 6.56. The van der Waals surface area contributed by atoms with E-state index in [1.54, 1.807) is 0 Å². The summed E-state index contributed by atoms with van der Waals surface area (Å²) in [6, 6.07) is -0.573. The molecule has 80 valence electrons. The second-order valence-corrected chi connectivity index (χ2v) is 3.71. The highest BCUT2D eigenvalue weighted by atomic mass is 16.6. The predicted molar refractivity (Wildman–Crippen MR) is 52.3 cm³/mol. The van der Waals surface area contributed by atoms with E-state index in [0.717, 1.165) is 0 Å². The zero-order chi connectivity index (χ0) is 10.7. The van der Waals surface area contributed by atoms with Gasteiger partial charge >= 0.3 is 0 Å². The van der Waals surface area contributed by atoms with Gasteiger partial charge in [-0.05, 0) is 13.8 Å². The molecule has 1 aliphatic rings. The van der Waals surface area contributed by atoms with Crippen molar-refractivity contribution in [3.05, 3.63) is 0 Å². The monoisotopic (exact) mass is 200 g/mol. The van der Waals surface area contributed by atoms with E-state index in [0.29, 0.717) is 6.61 Å². The minimum absolute atomic E-state index is 0.114. The lowest BCUT2D eigenvalue weighted by atomic mass is 9.93. The van der Waals surface area contributed by atoms with Gasteiger partial charge in [0.2, 0.25) is 0 Å². The summed E-state index contributed by atoms with van der Waals surface area (Å²) in [7, 11) is 7.12. The van der Waals surface area contributed by atoms with Crippen LogP contribution in [0.1, 0.15) is 13.8 Å². The molecule has 4 atom stereocenters. The molecule has 1 saturated heterocycles. The van der Waals surface area contributed by atoms with Crippen molar-refractivity contribution in [2.45, 2.75) is 44.3 Å². The fourth-order valence-electron chi connectivity index (χ4n) is 1.46. The van der Waals surface area contributed by atoms with E-state index in [4.69, 9.17) is 22.1 Å². The molecule has 1 heterocycles. The summed E-state index contributed by atoms with van der Waals surface area (Å²) < 4.78 is 15.7. The quantitative estimate of drug-likeness (QED) is 0.632. The van der Waals surface area contributed by atoms with Gasteiger partial charge in [0.15, 0.2) is 0 Å². The highest BCUT2D eigenvalue weighted by molar-refractivity contribution is 6.11. The van der Waals surface area contributed by atoms with Crippen LogP contribution in [0.2, 0.25) is 0 Å². The number of methoxy groups -OCH3 is 1. The van der Waals surface area contributed by atoms with E-state index >= 15 is 0 Å². The molecule has 2 unspecified atom stereocenters. The van der Waals surface area contributed by atoms with Crippen LogP contribution >= 0.6 is 0 Å². The first-order valence-corrected chi connectivity index (χ1v) is 4.79. The van der Waals surface area contributed by atoms with Crippen LogP contribution in [0.25, 0.3) is 0 Å². The van der Waals surface area contributed by atoms with Gasteiger partial charge in [0.25, 0.3) is 0 Å². The maximum atomic E-state index is 9.72. The molecule has 1 fully saturated rings. The van der Waals surface area contributed by atoms with Gasteiger partial charge in [-0.3, -0.25) is 0 Å². The Bertz CT molecular complexity index is 176. The summed E-state index contributed by atoms with van der Waals surface area (Å²) in [5.74, 6) is 0. The minimum atomic E-state index is -0.714. The summed E-state index contributed by atoms with van der Waals surface area (Å²) in [5.41, 5.74) is 0. The van der Waals surface area contributed by atoms with Gasteiger partial charge in [0.05, 0.1) is 12.7 Å². The molecule has 1 aliphatic heterocycles. The Morgan fingerprint density at radius 3 is 2.57 bits per heavy atom. The molecule has 0 bridgehead atoms. The normalized spacial score (nSPS) is 38.1. The Balaban J connectivity index is 2.41. The van der Waals surface area contributed by atoms with Gasteiger partial charge in [-0.25, -0.2) is 0 Å². The summed E-state index contributed by atoms with van der Waals surface area (Å²) in [6.45, 7) is 4.19. The number of rotatable bonds is 4. The highest BCUT2D eigenvalue weighted by Crippen LogP contribution is 2.22. The molecule has 2 radical (unpaired) electrons. The second kappa shape index (κ2) is 5.12. The number of hydrogen-bond acceptors (Lipinski definition) is 4. The fourth-order valence-corrected chi connectivity index (χ4v) is 1.46. The lowest BCUT2D eigenvalue weighted by molar-refractivity contribution is -0.0504. The van der Waals surface area contributed by atoms with Crippen molar-refractivity contribution in [3.8, 4) is 0 Å². The first kappa shape index (κ1) is 12.0. The van der Waals surface area contributed by atoms with Crippen molar-refractivity contribution in [1.29, 1.82) is 0 Å². The average Bonchev–Trinajstić information content (AvgIpc) is 2.38. The third-order valence-electron chi connectivity index (χ3n) is 2.24. The van der Waals surface area contributed by atoms with Crippen LogP contribution in [0.4, 0.5) is 0 Å². The van der Waals surface area contributed by atoms with Gasteiger partial charge in [0, 0.05) is 13.1 Å². The Morgan fingerprint density at radius 2 is 2.14 bits per heavy atom. The second-order valence-electron chi connectivity index (χ2n) is 3.71. The fraction of sp³-hybridized carbons (Fsp3) is 1.00. The average molecular weight is 200 g/mol. The molecule has 0 aromatic carbocycles. The summed E-state index contributed by atoms with van der Waals surface area (Å²) in [6.07, 6.45) is -1.45. The lowest BCUT2D eigenvalue weighted by Crippen LogP contribution is -2.36. The SMILES string of the molecule is [B][C@@H]1O[C@H](COC(C)C)C(O)C1OC. The van der Waals surface area contributed by atoms with Crippen LogP contribution in [0.5, 0.6) is 0 Å². The van der Waals surface area contributed by atoms with Gasteiger partial charge in [-0.1, -0.05) is 0 Å². The number of hydrogen-bond donors (Lipinski definition) is 1. The van der Waals surface area contributed by atoms with Crippen LogP contribution in [0, 0.1) is 0 Å². The molecule has 0 amide bonds. The minimum Gasteiger partial charge on any atom is -0.388 e. The Labute approximate surface area is 85.9 Å². The molecule has 4 nitrogen and oxygen atoms in total. The molecule has 0 aliphatic carbocycles. The molecule has 1 N–H and O–H groups in total. The molecular weight excluding hydrogens is 183 g/mol. The topological polar surface area (TPSA) is 47.9 Å². The summed E-state index contributed by atoms with van der Waals surface area (Å²) in [5, 5.41) is 9.72. The molecule has 0 aromatic rings. The Hall–Kier alpha value is -0.0951. The first-order valence-electron chi connectivity index (χ1n) is 4.79. The Morgan fingerprint density at radius 1 is 1.50 bits per heavy atom. The predicted octanol–water partition coefficient (Wildman–Crippen LogP) is -0.319. The number of aliphatic hydroxyl groups is 1. The van der Waals surface area contributed by atoms with Gasteiger partial charge in [0.1, 0.15) is 26.2 Å². The summed E-state index contributed by atoms with van der Waals surface area (Å²) >= 11 is 0. The van der Waals surface area contributed by atoms with E-state index in [9.17, 15) is 5.11 Å².